The van der Waals surface area contributed by atoms with E-state index in [1.165, 1.54) is 6.92 Å². The van der Waals surface area contributed by atoms with Crippen LogP contribution in [0.3, 0.4) is 0 Å². The molecular weight excluding hydrogens is 316 g/mol. The van der Waals surface area contributed by atoms with Gasteiger partial charge < -0.3 is 4.74 Å². The number of rotatable bonds is 4. The van der Waals surface area contributed by atoms with E-state index in [-0.39, 0.29) is 11.1 Å². The number of ether oxygens (including phenoxy) is 1. The topological polar surface area (TPSA) is 69.4 Å². The molecule has 0 radical (unpaired) electrons. The summed E-state index contributed by atoms with van der Waals surface area (Å²) in [4.78, 5) is 20.9. The molecule has 0 atom stereocenters. The van der Waals surface area contributed by atoms with Gasteiger partial charge in [0.15, 0.2) is 0 Å². The van der Waals surface area contributed by atoms with Gasteiger partial charge in [0.2, 0.25) is 0 Å². The number of esters is 1. The zero-order valence-electron chi connectivity index (χ0n) is 9.15. The Bertz CT molecular complexity index is 493. The molecule has 0 amide bonds. The fraction of sp³-hybridized carbons (Fsp3) is 0.300. The Balaban J connectivity index is 3.21. The van der Waals surface area contributed by atoms with Crippen LogP contribution in [0.25, 0.3) is 0 Å². The van der Waals surface area contributed by atoms with Crippen LogP contribution < -0.4 is 0 Å². The lowest BCUT2D eigenvalue weighted by atomic mass is 10.1. The highest BCUT2D eigenvalue weighted by Gasteiger charge is 2.43. The first-order chi connectivity index (χ1) is 8.30. The van der Waals surface area contributed by atoms with Gasteiger partial charge in [-0.3, -0.25) is 10.1 Å². The van der Waals surface area contributed by atoms with E-state index in [0.29, 0.717) is 6.07 Å². The average molecular weight is 324 g/mol. The van der Waals surface area contributed by atoms with Crippen molar-refractivity contribution in [2.75, 3.05) is 6.61 Å². The van der Waals surface area contributed by atoms with Crippen LogP contribution in [-0.2, 0) is 15.5 Å². The third-order valence-corrected chi connectivity index (χ3v) is 2.71. The second-order valence-corrected chi connectivity index (χ2v) is 4.07. The Morgan fingerprint density at radius 1 is 1.56 bits per heavy atom. The molecule has 0 N–H and O–H groups in total. The van der Waals surface area contributed by atoms with Crippen LogP contribution in [0.1, 0.15) is 12.5 Å². The van der Waals surface area contributed by atoms with Gasteiger partial charge in [-0.15, -0.1) is 0 Å². The predicted molar refractivity (Wildman–Crippen MR) is 61.3 cm³/mol. The molecule has 1 rings (SSSR count). The van der Waals surface area contributed by atoms with Crippen LogP contribution in [0.4, 0.5) is 14.5 Å². The van der Waals surface area contributed by atoms with Crippen molar-refractivity contribution >= 4 is 27.6 Å². The number of nitro benzene ring substituents is 1. The Hall–Kier alpha value is -1.57. The molecule has 0 unspecified atom stereocenters. The van der Waals surface area contributed by atoms with E-state index in [4.69, 9.17) is 0 Å². The molecule has 0 aliphatic heterocycles. The van der Waals surface area contributed by atoms with Gasteiger partial charge in [-0.1, -0.05) is 6.07 Å². The summed E-state index contributed by atoms with van der Waals surface area (Å²) in [7, 11) is 0. The number of alkyl halides is 2. The number of hydrogen-bond acceptors (Lipinski definition) is 4. The van der Waals surface area contributed by atoms with Crippen LogP contribution in [0.15, 0.2) is 22.7 Å². The Morgan fingerprint density at radius 3 is 2.67 bits per heavy atom. The van der Waals surface area contributed by atoms with Crippen molar-refractivity contribution in [1.29, 1.82) is 0 Å². The fourth-order valence-corrected chi connectivity index (χ4v) is 1.58. The quantitative estimate of drug-likeness (QED) is 0.485. The lowest BCUT2D eigenvalue weighted by Gasteiger charge is -2.14. The van der Waals surface area contributed by atoms with Crippen LogP contribution in [-0.4, -0.2) is 17.5 Å². The van der Waals surface area contributed by atoms with E-state index in [9.17, 15) is 23.7 Å². The van der Waals surface area contributed by atoms with Gasteiger partial charge in [0, 0.05) is 11.6 Å². The molecule has 0 bridgehead atoms. The fourth-order valence-electron chi connectivity index (χ4n) is 1.19. The molecule has 0 saturated heterocycles. The standard InChI is InChI=1S/C10H8BrF2NO4/c1-2-18-9(15)10(12,13)6-3-4-7(11)8(5-6)14(16)17/h3-5H,2H2,1H3. The zero-order valence-corrected chi connectivity index (χ0v) is 10.7. The van der Waals surface area contributed by atoms with Crippen LogP contribution >= 0.6 is 15.9 Å². The SMILES string of the molecule is CCOC(=O)C(F)(F)c1ccc(Br)c([N+](=O)[O-])c1. The minimum absolute atomic E-state index is 0.0518. The summed E-state index contributed by atoms with van der Waals surface area (Å²) in [6.07, 6.45) is 0. The number of nitrogens with zero attached hydrogens (tertiary/aromatic N) is 1. The molecule has 5 nitrogen and oxygen atoms in total. The molecule has 98 valence electrons. The predicted octanol–water partition coefficient (Wildman–Crippen LogP) is 3.01. The summed E-state index contributed by atoms with van der Waals surface area (Å²) >= 11 is 2.86. The van der Waals surface area contributed by atoms with Crippen LogP contribution in [0.5, 0.6) is 0 Å². The molecule has 0 aliphatic carbocycles. The van der Waals surface area contributed by atoms with E-state index < -0.39 is 28.1 Å². The van der Waals surface area contributed by atoms with E-state index in [1.807, 2.05) is 0 Å². The largest absolute Gasteiger partial charge is 0.461 e. The smallest absolute Gasteiger partial charge is 0.381 e. The second-order valence-electron chi connectivity index (χ2n) is 3.22. The lowest BCUT2D eigenvalue weighted by Crippen LogP contribution is -2.28. The maximum atomic E-state index is 13.6. The van der Waals surface area contributed by atoms with E-state index in [2.05, 4.69) is 20.7 Å². The number of nitro groups is 1. The van der Waals surface area contributed by atoms with Crippen molar-refractivity contribution in [3.05, 3.63) is 38.3 Å². The van der Waals surface area contributed by atoms with Gasteiger partial charge in [-0.25, -0.2) is 4.79 Å². The molecule has 0 saturated carbocycles. The first kappa shape index (κ1) is 14.5. The first-order valence-corrected chi connectivity index (χ1v) is 5.59. The molecule has 8 heteroatoms. The number of carbonyl (C=O) groups is 1. The Morgan fingerprint density at radius 2 is 2.17 bits per heavy atom. The maximum Gasteiger partial charge on any atom is 0.381 e. The summed E-state index contributed by atoms with van der Waals surface area (Å²) in [6.45, 7) is 1.19. The monoisotopic (exact) mass is 323 g/mol. The van der Waals surface area contributed by atoms with Crippen molar-refractivity contribution in [2.24, 2.45) is 0 Å². The third-order valence-electron chi connectivity index (χ3n) is 2.04. The number of carbonyl (C=O) groups excluding carboxylic acids is 1. The normalized spacial score (nSPS) is 11.1. The van der Waals surface area contributed by atoms with Crippen molar-refractivity contribution in [3.63, 3.8) is 0 Å². The van der Waals surface area contributed by atoms with Gasteiger partial charge >= 0.3 is 11.9 Å². The summed E-state index contributed by atoms with van der Waals surface area (Å²) in [5.41, 5.74) is -1.33. The molecule has 1 aromatic rings. The van der Waals surface area contributed by atoms with E-state index >= 15 is 0 Å². The molecule has 0 aliphatic rings. The lowest BCUT2D eigenvalue weighted by molar-refractivity contribution is -0.385. The van der Waals surface area contributed by atoms with Crippen molar-refractivity contribution in [1.82, 2.24) is 0 Å². The van der Waals surface area contributed by atoms with Gasteiger partial charge in [0.25, 0.3) is 5.69 Å². The highest BCUT2D eigenvalue weighted by molar-refractivity contribution is 9.10. The summed E-state index contributed by atoms with van der Waals surface area (Å²) in [6, 6.07) is 2.65. The van der Waals surface area contributed by atoms with Gasteiger partial charge in [0.05, 0.1) is 16.0 Å². The van der Waals surface area contributed by atoms with Crippen molar-refractivity contribution in [2.45, 2.75) is 12.8 Å². The molecule has 1 aromatic carbocycles. The number of halogens is 3. The van der Waals surface area contributed by atoms with Crippen LogP contribution in [0, 0.1) is 10.1 Å². The Labute approximate surface area is 109 Å². The summed E-state index contributed by atoms with van der Waals surface area (Å²) < 4.78 is 31.5. The Kier molecular flexibility index (Phi) is 4.33. The molecular formula is C10H8BrF2NO4. The summed E-state index contributed by atoms with van der Waals surface area (Å²) in [5, 5.41) is 10.6. The summed E-state index contributed by atoms with van der Waals surface area (Å²) in [5.74, 6) is -5.65. The minimum Gasteiger partial charge on any atom is -0.461 e. The highest BCUT2D eigenvalue weighted by Crippen LogP contribution is 2.34. The molecule has 0 fully saturated rings. The minimum atomic E-state index is -3.92. The number of hydrogen-bond donors (Lipinski definition) is 0. The second kappa shape index (κ2) is 5.38. The van der Waals surface area contributed by atoms with Gasteiger partial charge in [-0.2, -0.15) is 8.78 Å². The van der Waals surface area contributed by atoms with Crippen molar-refractivity contribution < 1.29 is 23.2 Å². The van der Waals surface area contributed by atoms with Crippen LogP contribution in [0.2, 0.25) is 0 Å². The molecule has 0 heterocycles. The van der Waals surface area contributed by atoms with E-state index in [1.54, 1.807) is 0 Å². The molecule has 0 spiro atoms. The maximum absolute atomic E-state index is 13.6. The third kappa shape index (κ3) is 2.81. The van der Waals surface area contributed by atoms with Gasteiger partial charge in [-0.05, 0) is 28.9 Å². The van der Waals surface area contributed by atoms with E-state index in [0.717, 1.165) is 12.1 Å². The van der Waals surface area contributed by atoms with Gasteiger partial charge in [0.1, 0.15) is 0 Å². The van der Waals surface area contributed by atoms with Crippen molar-refractivity contribution in [3.8, 4) is 0 Å². The molecule has 0 aromatic heterocycles. The first-order valence-electron chi connectivity index (χ1n) is 4.80. The average Bonchev–Trinajstić information content (AvgIpc) is 2.29. The zero-order chi connectivity index (χ0) is 13.9. The highest BCUT2D eigenvalue weighted by atomic mass is 79.9. The molecule has 18 heavy (non-hydrogen) atoms. The number of benzene rings is 1.